The topological polar surface area (TPSA) is 66.5 Å². The Morgan fingerprint density at radius 1 is 1.41 bits per heavy atom. The second-order valence-corrected chi connectivity index (χ2v) is 7.81. The number of hydrogen-bond donors (Lipinski definition) is 1. The molecular weight excluding hydrogens is 307 g/mol. The van der Waals surface area contributed by atoms with Crippen LogP contribution in [0.25, 0.3) is 0 Å². The van der Waals surface area contributed by atoms with Crippen molar-refractivity contribution in [2.75, 3.05) is 31.6 Å². The average Bonchev–Trinajstić information content (AvgIpc) is 2.84. The van der Waals surface area contributed by atoms with Gasteiger partial charge in [-0.15, -0.1) is 0 Å². The van der Waals surface area contributed by atoms with Gasteiger partial charge in [-0.25, -0.2) is 12.8 Å². The van der Waals surface area contributed by atoms with Crippen LogP contribution in [0.15, 0.2) is 24.3 Å². The van der Waals surface area contributed by atoms with E-state index in [0.29, 0.717) is 24.9 Å². The maximum Gasteiger partial charge on any atom is 0.236 e. The largest absolute Gasteiger partial charge is 0.341 e. The van der Waals surface area contributed by atoms with E-state index in [4.69, 9.17) is 0 Å². The zero-order chi connectivity index (χ0) is 16.2. The van der Waals surface area contributed by atoms with E-state index in [2.05, 4.69) is 5.32 Å². The van der Waals surface area contributed by atoms with Crippen LogP contribution in [0.3, 0.4) is 0 Å². The number of nitrogens with zero attached hydrogens (tertiary/aromatic N) is 1. The lowest BCUT2D eigenvalue weighted by molar-refractivity contribution is -0.130. The maximum absolute atomic E-state index is 13.4. The van der Waals surface area contributed by atoms with Crippen LogP contribution >= 0.6 is 0 Å². The molecule has 5 nitrogen and oxygen atoms in total. The normalized spacial score (nSPS) is 20.0. The molecule has 0 saturated carbocycles. The Kier molecular flexibility index (Phi) is 5.52. The van der Waals surface area contributed by atoms with Crippen LogP contribution in [0, 0.1) is 5.82 Å². The molecule has 0 radical (unpaired) electrons. The Hall–Kier alpha value is -1.47. The molecule has 1 aromatic carbocycles. The van der Waals surface area contributed by atoms with Gasteiger partial charge in [0.1, 0.15) is 5.82 Å². The minimum absolute atomic E-state index is 0.0461. The van der Waals surface area contributed by atoms with Crippen molar-refractivity contribution in [2.24, 2.45) is 0 Å². The van der Waals surface area contributed by atoms with E-state index in [1.54, 1.807) is 25.2 Å². The molecule has 0 aromatic heterocycles. The predicted octanol–water partition coefficient (Wildman–Crippen LogP) is 0.603. The Morgan fingerprint density at radius 3 is 2.77 bits per heavy atom. The quantitative estimate of drug-likeness (QED) is 0.777. The van der Waals surface area contributed by atoms with Gasteiger partial charge in [0, 0.05) is 13.1 Å². The van der Waals surface area contributed by atoms with Crippen LogP contribution < -0.4 is 5.32 Å². The number of nitrogens with one attached hydrogen (secondary N) is 1. The van der Waals surface area contributed by atoms with Crippen LogP contribution in [0.1, 0.15) is 12.0 Å². The summed E-state index contributed by atoms with van der Waals surface area (Å²) in [6, 6.07) is 6.31. The highest BCUT2D eigenvalue weighted by atomic mass is 32.2. The monoisotopic (exact) mass is 328 g/mol. The van der Waals surface area contributed by atoms with Gasteiger partial charge in [-0.05, 0) is 31.0 Å². The van der Waals surface area contributed by atoms with Gasteiger partial charge in [0.15, 0.2) is 9.84 Å². The van der Waals surface area contributed by atoms with Crippen LogP contribution in [0.4, 0.5) is 4.39 Å². The summed E-state index contributed by atoms with van der Waals surface area (Å²) in [4.78, 5) is 13.5. The van der Waals surface area contributed by atoms with Gasteiger partial charge in [0.2, 0.25) is 5.91 Å². The molecular formula is C15H21FN2O3S. The number of halogens is 1. The van der Waals surface area contributed by atoms with E-state index in [0.717, 1.165) is 0 Å². The zero-order valence-corrected chi connectivity index (χ0v) is 13.4. The molecule has 1 aliphatic heterocycles. The van der Waals surface area contributed by atoms with E-state index in [1.807, 2.05) is 0 Å². The molecule has 2 rings (SSSR count). The number of sulfone groups is 1. The molecule has 7 heteroatoms. The molecule has 22 heavy (non-hydrogen) atoms. The number of hydrogen-bond acceptors (Lipinski definition) is 4. The number of benzene rings is 1. The number of carbonyl (C=O) groups is 1. The van der Waals surface area contributed by atoms with E-state index >= 15 is 0 Å². The Balaban J connectivity index is 1.73. The fraction of sp³-hybridized carbons (Fsp3) is 0.533. The van der Waals surface area contributed by atoms with Crippen molar-refractivity contribution < 1.29 is 17.6 Å². The fourth-order valence-electron chi connectivity index (χ4n) is 2.53. The van der Waals surface area contributed by atoms with Crippen molar-refractivity contribution >= 4 is 15.7 Å². The maximum atomic E-state index is 13.4. The summed E-state index contributed by atoms with van der Waals surface area (Å²) in [6.45, 7) is 0.616. The first-order chi connectivity index (χ1) is 10.4. The highest BCUT2D eigenvalue weighted by Gasteiger charge is 2.32. The number of carbonyl (C=O) groups excluding carboxylic acids is 1. The van der Waals surface area contributed by atoms with E-state index in [-0.39, 0.29) is 35.8 Å². The van der Waals surface area contributed by atoms with E-state index in [1.165, 1.54) is 11.0 Å². The Morgan fingerprint density at radius 2 is 2.14 bits per heavy atom. The Labute approximate surface area is 130 Å². The smallest absolute Gasteiger partial charge is 0.236 e. The summed E-state index contributed by atoms with van der Waals surface area (Å²) in [7, 11) is -1.36. The number of rotatable bonds is 6. The van der Waals surface area contributed by atoms with Gasteiger partial charge in [-0.1, -0.05) is 18.2 Å². The lowest BCUT2D eigenvalue weighted by Crippen LogP contribution is -2.42. The van der Waals surface area contributed by atoms with Crippen LogP contribution in [-0.4, -0.2) is 56.9 Å². The third kappa shape index (κ3) is 4.51. The van der Waals surface area contributed by atoms with Gasteiger partial charge in [-0.2, -0.15) is 0 Å². The summed E-state index contributed by atoms with van der Waals surface area (Å²) in [5.74, 6) is -0.194. The number of amides is 1. The molecule has 122 valence electrons. The van der Waals surface area contributed by atoms with Crippen LogP contribution in [-0.2, 0) is 21.1 Å². The third-order valence-electron chi connectivity index (χ3n) is 3.95. The first kappa shape index (κ1) is 16.9. The van der Waals surface area contributed by atoms with Crippen molar-refractivity contribution in [2.45, 2.75) is 18.9 Å². The molecule has 1 saturated heterocycles. The van der Waals surface area contributed by atoms with Gasteiger partial charge in [0.25, 0.3) is 0 Å². The molecule has 1 amide bonds. The summed E-state index contributed by atoms with van der Waals surface area (Å²) >= 11 is 0. The van der Waals surface area contributed by atoms with Gasteiger partial charge >= 0.3 is 0 Å². The first-order valence-electron chi connectivity index (χ1n) is 7.29. The Bertz CT molecular complexity index is 633. The first-order valence-corrected chi connectivity index (χ1v) is 9.11. The predicted molar refractivity (Wildman–Crippen MR) is 82.8 cm³/mol. The van der Waals surface area contributed by atoms with Crippen molar-refractivity contribution in [3.63, 3.8) is 0 Å². The molecule has 1 aliphatic rings. The highest BCUT2D eigenvalue weighted by Crippen LogP contribution is 2.16. The zero-order valence-electron chi connectivity index (χ0n) is 12.6. The molecule has 0 aliphatic carbocycles. The second kappa shape index (κ2) is 7.19. The minimum Gasteiger partial charge on any atom is -0.341 e. The summed E-state index contributed by atoms with van der Waals surface area (Å²) in [5, 5.41) is 2.98. The van der Waals surface area contributed by atoms with Crippen molar-refractivity contribution in [3.8, 4) is 0 Å². The molecule has 1 N–H and O–H groups in total. The van der Waals surface area contributed by atoms with Crippen LogP contribution in [0.2, 0.25) is 0 Å². The molecule has 1 aromatic rings. The molecule has 1 fully saturated rings. The minimum atomic E-state index is -3.00. The van der Waals surface area contributed by atoms with E-state index < -0.39 is 9.84 Å². The standard InChI is InChI=1S/C15H21FN2O3S/c1-18(13-7-9-22(20,21)11-13)15(19)10-17-8-6-12-4-2-3-5-14(12)16/h2-5,13,17H,6-11H2,1H3. The molecule has 0 spiro atoms. The van der Waals surface area contributed by atoms with Crippen LogP contribution in [0.5, 0.6) is 0 Å². The summed E-state index contributed by atoms with van der Waals surface area (Å²) < 4.78 is 36.3. The van der Waals surface area contributed by atoms with Crippen molar-refractivity contribution in [1.29, 1.82) is 0 Å². The fourth-order valence-corrected chi connectivity index (χ4v) is 4.30. The highest BCUT2D eigenvalue weighted by molar-refractivity contribution is 7.91. The van der Waals surface area contributed by atoms with E-state index in [9.17, 15) is 17.6 Å². The van der Waals surface area contributed by atoms with Crippen molar-refractivity contribution in [1.82, 2.24) is 10.2 Å². The third-order valence-corrected chi connectivity index (χ3v) is 5.71. The number of likely N-dealkylation sites (N-methyl/N-ethyl adjacent to an activating group) is 1. The lowest BCUT2D eigenvalue weighted by atomic mass is 10.1. The molecule has 1 heterocycles. The second-order valence-electron chi connectivity index (χ2n) is 5.58. The SMILES string of the molecule is CN(C(=O)CNCCc1ccccc1F)C1CCS(=O)(=O)C1. The van der Waals surface area contributed by atoms with Gasteiger partial charge in [-0.3, -0.25) is 4.79 Å². The summed E-state index contributed by atoms with van der Waals surface area (Å²) in [6.07, 6.45) is 1.00. The lowest BCUT2D eigenvalue weighted by Gasteiger charge is -2.23. The molecule has 1 unspecified atom stereocenters. The molecule has 1 atom stereocenters. The molecule has 0 bridgehead atoms. The summed E-state index contributed by atoms with van der Waals surface area (Å²) in [5.41, 5.74) is 0.609. The average molecular weight is 328 g/mol. The van der Waals surface area contributed by atoms with Crippen molar-refractivity contribution in [3.05, 3.63) is 35.6 Å². The van der Waals surface area contributed by atoms with Gasteiger partial charge < -0.3 is 10.2 Å². The van der Waals surface area contributed by atoms with Gasteiger partial charge in [0.05, 0.1) is 18.1 Å².